The molecule has 1 N–H and O–H groups in total. The van der Waals surface area contributed by atoms with Gasteiger partial charge in [-0.25, -0.2) is 9.78 Å². The summed E-state index contributed by atoms with van der Waals surface area (Å²) in [6.07, 6.45) is 3.45. The number of hydrogen-bond donors (Lipinski definition) is 1. The fourth-order valence-electron chi connectivity index (χ4n) is 2.62. The summed E-state index contributed by atoms with van der Waals surface area (Å²) in [7, 11) is 0. The Morgan fingerprint density at radius 3 is 2.62 bits per heavy atom. The lowest BCUT2D eigenvalue weighted by molar-refractivity contribution is 0.436. The van der Waals surface area contributed by atoms with E-state index in [1.165, 1.54) is 18.8 Å². The molecule has 0 saturated heterocycles. The molecule has 3 rings (SSSR count). The van der Waals surface area contributed by atoms with Crippen LogP contribution in [0.5, 0.6) is 5.75 Å². The lowest BCUT2D eigenvalue weighted by Gasteiger charge is -2.07. The first-order valence-electron chi connectivity index (χ1n) is 7.94. The summed E-state index contributed by atoms with van der Waals surface area (Å²) in [6, 6.07) is 10.1. The molecule has 0 aliphatic carbocycles. The Morgan fingerprint density at radius 1 is 1.17 bits per heavy atom. The molecule has 0 unspecified atom stereocenters. The Morgan fingerprint density at radius 2 is 1.92 bits per heavy atom. The van der Waals surface area contributed by atoms with E-state index >= 15 is 0 Å². The highest BCUT2D eigenvalue weighted by atomic mass is 16.4. The van der Waals surface area contributed by atoms with E-state index in [0.29, 0.717) is 30.0 Å². The third kappa shape index (κ3) is 3.11. The zero-order valence-electron chi connectivity index (χ0n) is 13.7. The Bertz CT molecular complexity index is 893. The van der Waals surface area contributed by atoms with Crippen molar-refractivity contribution in [1.82, 2.24) is 4.98 Å². The highest BCUT2D eigenvalue weighted by Gasteiger charge is 2.19. The number of aromatic hydroxyl groups is 1. The van der Waals surface area contributed by atoms with E-state index in [1.54, 1.807) is 0 Å². The van der Waals surface area contributed by atoms with Crippen LogP contribution in [-0.2, 0) is 19.3 Å². The Labute approximate surface area is 139 Å². The van der Waals surface area contributed by atoms with Crippen LogP contribution in [0.3, 0.4) is 0 Å². The van der Waals surface area contributed by atoms with Gasteiger partial charge in [0.1, 0.15) is 17.7 Å². The van der Waals surface area contributed by atoms with Gasteiger partial charge in [0, 0.05) is 12.0 Å². The minimum absolute atomic E-state index is 0.0300. The van der Waals surface area contributed by atoms with Gasteiger partial charge in [-0.15, -0.1) is 0 Å². The minimum atomic E-state index is -0.562. The van der Waals surface area contributed by atoms with E-state index in [9.17, 15) is 9.90 Å². The third-order valence-electron chi connectivity index (χ3n) is 4.02. The Hall–Kier alpha value is -2.82. The quantitative estimate of drug-likeness (QED) is 0.775. The van der Waals surface area contributed by atoms with E-state index in [0.717, 1.165) is 6.42 Å². The maximum Gasteiger partial charge on any atom is 0.342 e. The van der Waals surface area contributed by atoms with E-state index in [1.807, 2.05) is 25.1 Å². The topological polar surface area (TPSA) is 76.5 Å². The van der Waals surface area contributed by atoms with Crippen LogP contribution in [0.4, 0.5) is 0 Å². The van der Waals surface area contributed by atoms with Crippen molar-refractivity contribution in [2.24, 2.45) is 0 Å². The summed E-state index contributed by atoms with van der Waals surface area (Å²) in [4.78, 5) is 16.2. The maximum absolute atomic E-state index is 11.8. The number of benzene rings is 1. The fourth-order valence-corrected chi connectivity index (χ4v) is 2.62. The molecule has 0 radical (unpaired) electrons. The van der Waals surface area contributed by atoms with E-state index < -0.39 is 5.63 Å². The Kier molecular flexibility index (Phi) is 4.51. The molecule has 0 aliphatic rings. The molecule has 0 aliphatic heterocycles. The Balaban J connectivity index is 1.87. The first-order valence-corrected chi connectivity index (χ1v) is 7.94. The average molecular weight is 325 g/mol. The fraction of sp³-hybridized carbons (Fsp3) is 0.263. The summed E-state index contributed by atoms with van der Waals surface area (Å²) in [5, 5.41) is 10.2. The predicted molar refractivity (Wildman–Crippen MR) is 90.1 cm³/mol. The van der Waals surface area contributed by atoms with E-state index in [-0.39, 0.29) is 17.1 Å². The van der Waals surface area contributed by atoms with Crippen molar-refractivity contribution in [1.29, 1.82) is 0 Å². The summed E-state index contributed by atoms with van der Waals surface area (Å²) in [5.74, 6) is 0.816. The smallest absolute Gasteiger partial charge is 0.342 e. The standard InChI is InChI=1S/C19H19NO4/c1-3-14-17(21)12(2)19(22)24-18(14)15-11-23-16(20-15)10-9-13-7-5-4-6-8-13/h4-8,11,21H,3,9-10H2,1-2H3. The summed E-state index contributed by atoms with van der Waals surface area (Å²) >= 11 is 0. The lowest BCUT2D eigenvalue weighted by atomic mass is 10.1. The second kappa shape index (κ2) is 6.74. The van der Waals surface area contributed by atoms with Crippen molar-refractivity contribution in [3.05, 3.63) is 69.6 Å². The van der Waals surface area contributed by atoms with Crippen molar-refractivity contribution >= 4 is 0 Å². The molecule has 5 heteroatoms. The van der Waals surface area contributed by atoms with Crippen LogP contribution in [-0.4, -0.2) is 10.1 Å². The lowest BCUT2D eigenvalue weighted by Crippen LogP contribution is -2.07. The molecular formula is C19H19NO4. The monoisotopic (exact) mass is 325 g/mol. The second-order valence-electron chi connectivity index (χ2n) is 5.64. The molecule has 0 atom stereocenters. The maximum atomic E-state index is 11.8. The van der Waals surface area contributed by atoms with Crippen LogP contribution in [0.1, 0.15) is 29.5 Å². The average Bonchev–Trinajstić information content (AvgIpc) is 3.07. The number of aromatic nitrogens is 1. The number of aryl methyl sites for hydroxylation is 2. The van der Waals surface area contributed by atoms with Crippen molar-refractivity contribution in [2.45, 2.75) is 33.1 Å². The molecule has 0 saturated carbocycles. The SMILES string of the molecule is CCc1c(-c2coc(CCc3ccccc3)n2)oc(=O)c(C)c1O. The van der Waals surface area contributed by atoms with Gasteiger partial charge in [0.15, 0.2) is 11.7 Å². The molecule has 0 spiro atoms. The van der Waals surface area contributed by atoms with Gasteiger partial charge in [0.25, 0.3) is 0 Å². The highest BCUT2D eigenvalue weighted by Crippen LogP contribution is 2.30. The molecule has 3 aromatic rings. The van der Waals surface area contributed by atoms with Crippen molar-refractivity contribution in [3.8, 4) is 17.2 Å². The van der Waals surface area contributed by atoms with E-state index in [2.05, 4.69) is 17.1 Å². The van der Waals surface area contributed by atoms with Crippen molar-refractivity contribution in [3.63, 3.8) is 0 Å². The largest absolute Gasteiger partial charge is 0.507 e. The second-order valence-corrected chi connectivity index (χ2v) is 5.64. The van der Waals surface area contributed by atoms with Crippen LogP contribution in [0, 0.1) is 6.92 Å². The van der Waals surface area contributed by atoms with Crippen LogP contribution in [0.15, 0.2) is 50.2 Å². The zero-order chi connectivity index (χ0) is 17.1. The molecule has 24 heavy (non-hydrogen) atoms. The molecule has 0 bridgehead atoms. The minimum Gasteiger partial charge on any atom is -0.507 e. The van der Waals surface area contributed by atoms with Gasteiger partial charge in [0.2, 0.25) is 0 Å². The molecular weight excluding hydrogens is 306 g/mol. The first kappa shape index (κ1) is 16.1. The van der Waals surface area contributed by atoms with Gasteiger partial charge in [0.05, 0.1) is 5.56 Å². The molecule has 0 fully saturated rings. The van der Waals surface area contributed by atoms with Crippen molar-refractivity contribution in [2.75, 3.05) is 0 Å². The van der Waals surface area contributed by atoms with Crippen LogP contribution < -0.4 is 5.63 Å². The summed E-state index contributed by atoms with van der Waals surface area (Å²) in [6.45, 7) is 3.42. The van der Waals surface area contributed by atoms with Crippen LogP contribution in [0.2, 0.25) is 0 Å². The molecule has 124 valence electrons. The van der Waals surface area contributed by atoms with Crippen LogP contribution >= 0.6 is 0 Å². The third-order valence-corrected chi connectivity index (χ3v) is 4.02. The van der Waals surface area contributed by atoms with Crippen molar-refractivity contribution < 1.29 is 13.9 Å². The highest BCUT2D eigenvalue weighted by molar-refractivity contribution is 5.60. The number of nitrogens with zero attached hydrogens (tertiary/aromatic N) is 1. The van der Waals surface area contributed by atoms with Gasteiger partial charge in [-0.3, -0.25) is 0 Å². The molecule has 5 nitrogen and oxygen atoms in total. The van der Waals surface area contributed by atoms with Gasteiger partial charge in [-0.05, 0) is 25.3 Å². The molecule has 0 amide bonds. The summed E-state index contributed by atoms with van der Waals surface area (Å²) < 4.78 is 10.8. The molecule has 1 aromatic carbocycles. The van der Waals surface area contributed by atoms with Gasteiger partial charge in [-0.2, -0.15) is 0 Å². The summed E-state index contributed by atoms with van der Waals surface area (Å²) in [5.41, 5.74) is 1.85. The van der Waals surface area contributed by atoms with Gasteiger partial charge >= 0.3 is 5.63 Å². The number of hydrogen-bond acceptors (Lipinski definition) is 5. The molecule has 2 aromatic heterocycles. The van der Waals surface area contributed by atoms with Gasteiger partial charge in [-0.1, -0.05) is 37.3 Å². The van der Waals surface area contributed by atoms with E-state index in [4.69, 9.17) is 8.83 Å². The zero-order valence-corrected chi connectivity index (χ0v) is 13.7. The number of rotatable bonds is 5. The van der Waals surface area contributed by atoms with Crippen LogP contribution in [0.25, 0.3) is 11.5 Å². The normalized spacial score (nSPS) is 10.9. The predicted octanol–water partition coefficient (Wildman–Crippen LogP) is 3.66. The first-order chi connectivity index (χ1) is 11.6. The van der Waals surface area contributed by atoms with Gasteiger partial charge < -0.3 is 13.9 Å². The number of oxazole rings is 1. The molecule has 2 heterocycles.